The molecular formula is C35H37N2O6S+. The first-order chi connectivity index (χ1) is 20.6. The summed E-state index contributed by atoms with van der Waals surface area (Å²) in [5, 5.41) is 12.0. The molecule has 0 bridgehead atoms. The van der Waals surface area contributed by atoms with Gasteiger partial charge in [-0.3, -0.25) is 4.55 Å². The van der Waals surface area contributed by atoms with Crippen LogP contribution in [0, 0.1) is 0 Å². The van der Waals surface area contributed by atoms with Crippen LogP contribution in [0.1, 0.15) is 74.2 Å². The van der Waals surface area contributed by atoms with Crippen molar-refractivity contribution < 1.29 is 27.6 Å². The molecule has 228 valence electrons. The largest absolute Gasteiger partial charge is 0.478 e. The second-order valence-corrected chi connectivity index (χ2v) is 14.1. The normalized spacial score (nSPS) is 17.6. The van der Waals surface area contributed by atoms with E-state index < -0.39 is 27.4 Å². The Morgan fingerprint density at radius 1 is 0.977 bits per heavy atom. The molecule has 0 saturated heterocycles. The van der Waals surface area contributed by atoms with Crippen molar-refractivity contribution in [1.29, 1.82) is 0 Å². The summed E-state index contributed by atoms with van der Waals surface area (Å²) in [5.74, 6) is -0.437. The maximum absolute atomic E-state index is 12.5. The molecule has 3 heterocycles. The lowest BCUT2D eigenvalue weighted by Crippen LogP contribution is -2.48. The van der Waals surface area contributed by atoms with Crippen LogP contribution in [-0.4, -0.2) is 54.0 Å². The van der Waals surface area contributed by atoms with E-state index in [2.05, 4.69) is 42.4 Å². The molecule has 0 saturated carbocycles. The van der Waals surface area contributed by atoms with Crippen LogP contribution >= 0.6 is 0 Å². The molecule has 6 rings (SSSR count). The number of nitrogens with zero attached hydrogens (tertiary/aromatic N) is 2. The molecule has 0 amide bonds. The minimum Gasteiger partial charge on any atom is -0.478 e. The van der Waals surface area contributed by atoms with Crippen molar-refractivity contribution in [2.45, 2.75) is 52.6 Å². The predicted molar refractivity (Wildman–Crippen MR) is 174 cm³/mol. The fraction of sp³-hybridized carbons (Fsp3) is 0.314. The summed E-state index contributed by atoms with van der Waals surface area (Å²) in [6.07, 6.45) is 6.14. The number of carboxylic acid groups (broad SMARTS) is 1. The molecule has 0 radical (unpaired) electrons. The van der Waals surface area contributed by atoms with E-state index in [9.17, 15) is 22.9 Å². The van der Waals surface area contributed by atoms with Crippen LogP contribution in [0.25, 0.3) is 17.2 Å². The van der Waals surface area contributed by atoms with Gasteiger partial charge < -0.3 is 14.7 Å². The second-order valence-electron chi connectivity index (χ2n) is 12.6. The summed E-state index contributed by atoms with van der Waals surface area (Å²) >= 11 is 0. The number of carbonyl (C=O) groups is 1. The second kappa shape index (κ2) is 10.2. The number of ether oxygens (including phenoxy) is 1. The maximum Gasteiger partial charge on any atom is 0.336 e. The van der Waals surface area contributed by atoms with E-state index in [0.717, 1.165) is 28.4 Å². The average Bonchev–Trinajstić information content (AvgIpc) is 2.93. The molecule has 2 N–H and O–H groups in total. The Morgan fingerprint density at radius 3 is 2.36 bits per heavy atom. The Bertz CT molecular complexity index is 2050. The first-order valence-corrected chi connectivity index (χ1v) is 16.4. The molecule has 3 aliphatic heterocycles. The molecule has 3 aromatic rings. The van der Waals surface area contributed by atoms with E-state index in [0.29, 0.717) is 45.9 Å². The van der Waals surface area contributed by atoms with Crippen molar-refractivity contribution in [3.8, 4) is 11.5 Å². The molecular weight excluding hydrogens is 576 g/mol. The van der Waals surface area contributed by atoms with Gasteiger partial charge in [-0.05, 0) is 69.2 Å². The summed E-state index contributed by atoms with van der Waals surface area (Å²) in [6, 6.07) is 14.8. The van der Waals surface area contributed by atoms with Crippen molar-refractivity contribution in [3.63, 3.8) is 0 Å². The molecule has 0 spiro atoms. The first kappa shape index (κ1) is 29.8. The lowest BCUT2D eigenvalue weighted by molar-refractivity contribution is 0.0696. The zero-order valence-corrected chi connectivity index (χ0v) is 26.6. The van der Waals surface area contributed by atoms with Crippen molar-refractivity contribution in [2.24, 2.45) is 0 Å². The van der Waals surface area contributed by atoms with Gasteiger partial charge >= 0.3 is 5.97 Å². The monoisotopic (exact) mass is 613 g/mol. The minimum absolute atomic E-state index is 0.147. The van der Waals surface area contributed by atoms with Crippen LogP contribution in [-0.2, 0) is 10.1 Å². The van der Waals surface area contributed by atoms with Gasteiger partial charge in [0.2, 0.25) is 5.36 Å². The van der Waals surface area contributed by atoms with E-state index in [-0.39, 0.29) is 11.1 Å². The van der Waals surface area contributed by atoms with Crippen LogP contribution in [0.4, 0.5) is 5.69 Å². The highest BCUT2D eigenvalue weighted by atomic mass is 32.2. The Kier molecular flexibility index (Phi) is 6.90. The fourth-order valence-electron chi connectivity index (χ4n) is 7.06. The third-order valence-corrected chi connectivity index (χ3v) is 9.58. The minimum atomic E-state index is -4.34. The topological polar surface area (TPSA) is 107 Å². The van der Waals surface area contributed by atoms with Gasteiger partial charge in [0.15, 0.2) is 5.54 Å². The van der Waals surface area contributed by atoms with Gasteiger partial charge in [0, 0.05) is 59.6 Å². The standard InChI is InChI=1S/C35H36N2O6S/c1-7-36-28-17-30-26(15-21(28)13-14-34(36,3)4)32(23-11-9-10-12-24(23)33(38)39)27-16-25-22(20-44(40,41)42)19-35(5,6)37(8-2)29(25)18-31(27)43-30/h9-19H,7-8,20H2,1-6H3,(H-,38,39,40,41,42)/p+1. The molecule has 0 unspecified atom stereocenters. The Balaban J connectivity index is 1.75. The van der Waals surface area contributed by atoms with Crippen LogP contribution in [0.2, 0.25) is 0 Å². The zero-order valence-electron chi connectivity index (χ0n) is 25.8. The molecule has 0 aromatic heterocycles. The summed E-state index contributed by atoms with van der Waals surface area (Å²) < 4.78 is 43.2. The average molecular weight is 614 g/mol. The third-order valence-electron chi connectivity index (χ3n) is 8.90. The van der Waals surface area contributed by atoms with E-state index in [1.54, 1.807) is 18.2 Å². The Morgan fingerprint density at radius 2 is 1.70 bits per heavy atom. The van der Waals surface area contributed by atoms with Gasteiger partial charge in [-0.1, -0.05) is 24.3 Å². The molecule has 8 nitrogen and oxygen atoms in total. The van der Waals surface area contributed by atoms with E-state index in [4.69, 9.17) is 4.74 Å². The third kappa shape index (κ3) is 4.84. The SMILES string of the molecule is CCN1c2cc3c(cc2C(CS(=O)(=O)O)=CC1(C)C)C(c1ccccc1C(=O)O)=c1cc2c(cc1O3)=[N+](CC)C(C)(C)C=C2. The Labute approximate surface area is 257 Å². The van der Waals surface area contributed by atoms with Gasteiger partial charge in [0.05, 0.1) is 17.2 Å². The highest BCUT2D eigenvalue weighted by Gasteiger charge is 2.36. The lowest BCUT2D eigenvalue weighted by atomic mass is 9.83. The number of benzene rings is 3. The van der Waals surface area contributed by atoms with Crippen LogP contribution in [0.3, 0.4) is 0 Å². The number of hydrogen-bond donors (Lipinski definition) is 2. The van der Waals surface area contributed by atoms with Gasteiger partial charge in [-0.25, -0.2) is 9.37 Å². The highest BCUT2D eigenvalue weighted by molar-refractivity contribution is 7.86. The molecule has 0 aliphatic carbocycles. The van der Waals surface area contributed by atoms with Gasteiger partial charge in [-0.2, -0.15) is 8.42 Å². The van der Waals surface area contributed by atoms with Crippen molar-refractivity contribution in [3.05, 3.63) is 99.1 Å². The predicted octanol–water partition coefficient (Wildman–Crippen LogP) is 4.94. The number of anilines is 1. The number of aromatic carboxylic acids is 1. The highest BCUT2D eigenvalue weighted by Crippen LogP contribution is 2.47. The number of likely N-dealkylation sites (N-methyl/N-ethyl adjacent to an activating group) is 2. The van der Waals surface area contributed by atoms with Crippen LogP contribution in [0.15, 0.2) is 60.7 Å². The van der Waals surface area contributed by atoms with Gasteiger partial charge in [0.1, 0.15) is 23.8 Å². The molecule has 3 aromatic carbocycles. The molecule has 9 heteroatoms. The smallest absolute Gasteiger partial charge is 0.336 e. The van der Waals surface area contributed by atoms with Gasteiger partial charge in [-0.15, -0.1) is 0 Å². The number of fused-ring (bicyclic) bond motifs is 4. The van der Waals surface area contributed by atoms with Gasteiger partial charge in [0.25, 0.3) is 10.1 Å². The lowest BCUT2D eigenvalue weighted by Gasteiger charge is -2.43. The molecule has 0 fully saturated rings. The maximum atomic E-state index is 12.5. The molecule has 44 heavy (non-hydrogen) atoms. The van der Waals surface area contributed by atoms with E-state index in [1.165, 1.54) is 0 Å². The quantitative estimate of drug-likeness (QED) is 0.234. The van der Waals surface area contributed by atoms with Crippen LogP contribution in [0.5, 0.6) is 11.5 Å². The number of hydrogen-bond acceptors (Lipinski definition) is 5. The summed E-state index contributed by atoms with van der Waals surface area (Å²) in [5.41, 5.74) is 4.17. The molecule has 3 aliphatic rings. The van der Waals surface area contributed by atoms with E-state index in [1.807, 2.05) is 57.2 Å². The van der Waals surface area contributed by atoms with Crippen molar-refractivity contribution in [2.75, 3.05) is 23.7 Å². The number of carboxylic acids is 1. The molecule has 0 atom stereocenters. The van der Waals surface area contributed by atoms with Crippen LogP contribution < -0.4 is 24.8 Å². The van der Waals surface area contributed by atoms with Crippen molar-refractivity contribution >= 4 is 39.0 Å². The zero-order chi connectivity index (χ0) is 31.8. The first-order valence-electron chi connectivity index (χ1n) is 14.8. The van der Waals surface area contributed by atoms with Crippen molar-refractivity contribution in [1.82, 2.24) is 4.58 Å². The summed E-state index contributed by atoms with van der Waals surface area (Å²) in [4.78, 5) is 14.7. The fourth-order valence-corrected chi connectivity index (χ4v) is 7.69. The van der Waals surface area contributed by atoms with E-state index >= 15 is 0 Å². The summed E-state index contributed by atoms with van der Waals surface area (Å²) in [7, 11) is -4.34. The Hall–Kier alpha value is -4.21. The summed E-state index contributed by atoms with van der Waals surface area (Å²) in [6.45, 7) is 13.9. The number of rotatable bonds is 6.